The van der Waals surface area contributed by atoms with E-state index in [9.17, 15) is 9.59 Å². The Morgan fingerprint density at radius 3 is 2.19 bits per heavy atom. The summed E-state index contributed by atoms with van der Waals surface area (Å²) in [5, 5.41) is 2.96. The molecule has 2 aromatic carbocycles. The van der Waals surface area contributed by atoms with Gasteiger partial charge in [0.25, 0.3) is 5.91 Å². The van der Waals surface area contributed by atoms with Crippen LogP contribution in [0, 0.1) is 0 Å². The first-order chi connectivity index (χ1) is 14.9. The Morgan fingerprint density at radius 2 is 1.66 bits per heavy atom. The third kappa shape index (κ3) is 7.93. The Kier molecular flexibility index (Phi) is 9.34. The van der Waals surface area contributed by atoms with Crippen LogP contribution in [0.2, 0.25) is 0 Å². The molecule has 0 aromatic heterocycles. The molecule has 0 aliphatic heterocycles. The van der Waals surface area contributed by atoms with E-state index >= 15 is 0 Å². The summed E-state index contributed by atoms with van der Waals surface area (Å²) in [7, 11) is 0. The molecule has 1 unspecified atom stereocenters. The van der Waals surface area contributed by atoms with Crippen LogP contribution in [0.25, 0.3) is 0 Å². The minimum atomic E-state index is -0.652. The first-order valence-corrected chi connectivity index (χ1v) is 12.2. The molecule has 0 spiro atoms. The predicted molar refractivity (Wildman–Crippen MR) is 136 cm³/mol. The van der Waals surface area contributed by atoms with Crippen molar-refractivity contribution in [2.45, 2.75) is 65.6 Å². The zero-order valence-electron chi connectivity index (χ0n) is 19.5. The second-order valence-electron chi connectivity index (χ2n) is 9.20. The lowest BCUT2D eigenvalue weighted by molar-refractivity contribution is -0.142. The number of halogens is 2. The van der Waals surface area contributed by atoms with Crippen LogP contribution >= 0.6 is 31.9 Å². The van der Waals surface area contributed by atoms with Crippen molar-refractivity contribution in [3.8, 4) is 5.75 Å². The Labute approximate surface area is 208 Å². The maximum absolute atomic E-state index is 13.2. The van der Waals surface area contributed by atoms with Gasteiger partial charge in [0.05, 0.1) is 4.47 Å². The maximum Gasteiger partial charge on any atom is 0.261 e. The van der Waals surface area contributed by atoms with Gasteiger partial charge >= 0.3 is 0 Å². The normalized spacial score (nSPS) is 12.4. The first kappa shape index (κ1) is 26.4. The lowest BCUT2D eigenvalue weighted by atomic mass is 10.0. The van der Waals surface area contributed by atoms with Crippen LogP contribution in [0.4, 0.5) is 0 Å². The van der Waals surface area contributed by atoms with Gasteiger partial charge in [-0.3, -0.25) is 9.59 Å². The topological polar surface area (TPSA) is 58.6 Å². The Morgan fingerprint density at radius 1 is 1.03 bits per heavy atom. The summed E-state index contributed by atoms with van der Waals surface area (Å²) in [4.78, 5) is 27.6. The summed E-state index contributed by atoms with van der Waals surface area (Å²) in [5.74, 6) is 0.526. The molecule has 0 bridgehead atoms. The van der Waals surface area contributed by atoms with Gasteiger partial charge < -0.3 is 15.0 Å². The van der Waals surface area contributed by atoms with Crippen molar-refractivity contribution in [1.29, 1.82) is 0 Å². The van der Waals surface area contributed by atoms with Crippen LogP contribution in [0.3, 0.4) is 0 Å². The Bertz CT molecular complexity index is 937. The summed E-state index contributed by atoms with van der Waals surface area (Å²) in [6.45, 7) is 11.9. The molecule has 0 saturated carbocycles. The summed E-state index contributed by atoms with van der Waals surface area (Å²) in [5.41, 5.74) is 1.72. The van der Waals surface area contributed by atoms with E-state index in [0.29, 0.717) is 18.2 Å². The lowest BCUT2D eigenvalue weighted by Crippen LogP contribution is -2.53. The Hall–Kier alpha value is -1.86. The minimum absolute atomic E-state index is 0.163. The average Bonchev–Trinajstić information content (AvgIpc) is 2.70. The van der Waals surface area contributed by atoms with E-state index in [0.717, 1.165) is 14.5 Å². The molecule has 7 heteroatoms. The number of hydrogen-bond acceptors (Lipinski definition) is 3. The van der Waals surface area contributed by atoms with Crippen molar-refractivity contribution < 1.29 is 14.3 Å². The molecule has 174 valence electrons. The highest BCUT2D eigenvalue weighted by atomic mass is 79.9. The van der Waals surface area contributed by atoms with E-state index in [2.05, 4.69) is 51.0 Å². The zero-order chi connectivity index (χ0) is 24.1. The standard InChI is InChI=1S/C25H32Br2N2O3/c1-16(2)19-9-12-22(21(27)13-19)32-15-23(30)29(14-18-7-10-20(26)11-8-18)17(3)24(31)28-25(4,5)6/h7-13,16-17H,14-15H2,1-6H3,(H,28,31). The summed E-state index contributed by atoms with van der Waals surface area (Å²) >= 11 is 6.96. The highest BCUT2D eigenvalue weighted by Crippen LogP contribution is 2.29. The van der Waals surface area contributed by atoms with E-state index < -0.39 is 11.6 Å². The fourth-order valence-corrected chi connectivity index (χ4v) is 3.83. The minimum Gasteiger partial charge on any atom is -0.483 e. The molecule has 0 saturated heterocycles. The number of rotatable bonds is 8. The van der Waals surface area contributed by atoms with Crippen LogP contribution in [-0.2, 0) is 16.1 Å². The molecule has 1 N–H and O–H groups in total. The molecule has 0 radical (unpaired) electrons. The van der Waals surface area contributed by atoms with Crippen molar-refractivity contribution in [2.24, 2.45) is 0 Å². The molecule has 32 heavy (non-hydrogen) atoms. The number of nitrogens with one attached hydrogen (secondary N) is 1. The van der Waals surface area contributed by atoms with Gasteiger partial charge in [-0.05, 0) is 84.9 Å². The van der Waals surface area contributed by atoms with Crippen LogP contribution in [-0.4, -0.2) is 34.9 Å². The number of carbonyl (C=O) groups is 2. The second-order valence-corrected chi connectivity index (χ2v) is 11.0. The molecular weight excluding hydrogens is 536 g/mol. The molecule has 5 nitrogen and oxygen atoms in total. The SMILES string of the molecule is CC(C)c1ccc(OCC(=O)N(Cc2ccc(Br)cc2)C(C)C(=O)NC(C)(C)C)c(Br)c1. The van der Waals surface area contributed by atoms with Crippen LogP contribution in [0.15, 0.2) is 51.4 Å². The lowest BCUT2D eigenvalue weighted by Gasteiger charge is -2.31. The molecule has 2 amide bonds. The molecule has 1 atom stereocenters. The largest absolute Gasteiger partial charge is 0.483 e. The van der Waals surface area contributed by atoms with Crippen LogP contribution < -0.4 is 10.1 Å². The van der Waals surface area contributed by atoms with Crippen molar-refractivity contribution >= 4 is 43.7 Å². The quantitative estimate of drug-likeness (QED) is 0.422. The van der Waals surface area contributed by atoms with Crippen molar-refractivity contribution in [2.75, 3.05) is 6.61 Å². The molecule has 2 aromatic rings. The third-order valence-corrected chi connectivity index (χ3v) is 6.05. The molecule has 0 aliphatic carbocycles. The predicted octanol–water partition coefficient (Wildman–Crippen LogP) is 6.05. The number of nitrogens with zero attached hydrogens (tertiary/aromatic N) is 1. The van der Waals surface area contributed by atoms with E-state index in [1.54, 1.807) is 11.8 Å². The molecule has 2 rings (SSSR count). The van der Waals surface area contributed by atoms with Crippen molar-refractivity contribution in [3.05, 3.63) is 62.5 Å². The highest BCUT2D eigenvalue weighted by Gasteiger charge is 2.28. The number of carbonyl (C=O) groups excluding carboxylic acids is 2. The van der Waals surface area contributed by atoms with E-state index in [1.165, 1.54) is 5.56 Å². The molecule has 0 heterocycles. The molecule has 0 fully saturated rings. The van der Waals surface area contributed by atoms with Gasteiger partial charge in [0.15, 0.2) is 6.61 Å². The van der Waals surface area contributed by atoms with Crippen LogP contribution in [0.5, 0.6) is 5.75 Å². The maximum atomic E-state index is 13.2. The molecule has 0 aliphatic rings. The first-order valence-electron chi connectivity index (χ1n) is 10.7. The summed E-state index contributed by atoms with van der Waals surface area (Å²) in [6.07, 6.45) is 0. The summed E-state index contributed by atoms with van der Waals surface area (Å²) < 4.78 is 7.58. The fourth-order valence-electron chi connectivity index (χ4n) is 3.06. The zero-order valence-corrected chi connectivity index (χ0v) is 22.7. The van der Waals surface area contributed by atoms with Crippen molar-refractivity contribution in [3.63, 3.8) is 0 Å². The number of amides is 2. The van der Waals surface area contributed by atoms with E-state index in [4.69, 9.17) is 4.74 Å². The Balaban J connectivity index is 2.19. The van der Waals surface area contributed by atoms with Gasteiger partial charge in [0.1, 0.15) is 11.8 Å². The number of hydrogen-bond donors (Lipinski definition) is 1. The smallest absolute Gasteiger partial charge is 0.261 e. The summed E-state index contributed by atoms with van der Waals surface area (Å²) in [6, 6.07) is 12.9. The third-order valence-electron chi connectivity index (χ3n) is 4.91. The highest BCUT2D eigenvalue weighted by molar-refractivity contribution is 9.10. The van der Waals surface area contributed by atoms with Gasteiger partial charge in [0, 0.05) is 16.6 Å². The van der Waals surface area contributed by atoms with Crippen molar-refractivity contribution in [1.82, 2.24) is 10.2 Å². The van der Waals surface area contributed by atoms with Gasteiger partial charge in [-0.25, -0.2) is 0 Å². The van der Waals surface area contributed by atoms with Gasteiger partial charge in [-0.1, -0.05) is 48.0 Å². The fraction of sp³-hybridized carbons (Fsp3) is 0.440. The van der Waals surface area contributed by atoms with Gasteiger partial charge in [-0.2, -0.15) is 0 Å². The van der Waals surface area contributed by atoms with Gasteiger partial charge in [0.2, 0.25) is 5.91 Å². The number of ether oxygens (including phenoxy) is 1. The molecular formula is C25H32Br2N2O3. The average molecular weight is 568 g/mol. The number of benzene rings is 2. The second kappa shape index (κ2) is 11.3. The van der Waals surface area contributed by atoms with Gasteiger partial charge in [-0.15, -0.1) is 0 Å². The monoisotopic (exact) mass is 566 g/mol. The van der Waals surface area contributed by atoms with Crippen LogP contribution in [0.1, 0.15) is 58.6 Å². The van der Waals surface area contributed by atoms with E-state index in [-0.39, 0.29) is 18.4 Å². The van der Waals surface area contributed by atoms with E-state index in [1.807, 2.05) is 63.2 Å².